The molecule has 5 nitrogen and oxygen atoms in total. The lowest BCUT2D eigenvalue weighted by molar-refractivity contribution is 0.167. The number of fused-ring (bicyclic) bond motifs is 1. The molecule has 0 aliphatic rings. The Bertz CT molecular complexity index is 634. The first kappa shape index (κ1) is 13.3. The predicted octanol–water partition coefficient (Wildman–Crippen LogP) is 1.93. The molecule has 0 aliphatic carbocycles. The van der Waals surface area contributed by atoms with Crippen LogP contribution in [0.4, 0.5) is 5.95 Å². The molecule has 0 fully saturated rings. The van der Waals surface area contributed by atoms with Crippen molar-refractivity contribution in [2.24, 2.45) is 0 Å². The molecule has 2 rings (SSSR count). The van der Waals surface area contributed by atoms with Gasteiger partial charge in [-0.1, -0.05) is 24.3 Å². The van der Waals surface area contributed by atoms with Gasteiger partial charge in [0, 0.05) is 6.54 Å². The zero-order valence-corrected chi connectivity index (χ0v) is 10.9. The maximum Gasteiger partial charge on any atom is 0.260 e. The lowest BCUT2D eigenvalue weighted by Crippen LogP contribution is -2.16. The second kappa shape index (κ2) is 6.15. The van der Waals surface area contributed by atoms with Crippen molar-refractivity contribution in [3.8, 4) is 0 Å². The van der Waals surface area contributed by atoms with Gasteiger partial charge in [0.05, 0.1) is 24.1 Å². The summed E-state index contributed by atoms with van der Waals surface area (Å²) < 4.78 is 5.35. The first-order chi connectivity index (χ1) is 9.16. The molecule has 0 amide bonds. The number of nitrogens with zero attached hydrogens (tertiary/aromatic N) is 1. The number of aromatic amines is 1. The molecular formula is C14H17N3O2. The monoisotopic (exact) mass is 259 g/mol. The van der Waals surface area contributed by atoms with Crippen molar-refractivity contribution in [1.29, 1.82) is 0 Å². The van der Waals surface area contributed by atoms with E-state index in [1.807, 2.05) is 25.1 Å². The summed E-state index contributed by atoms with van der Waals surface area (Å²) in [6.45, 7) is 7.32. The number of hydrogen-bond donors (Lipinski definition) is 2. The van der Waals surface area contributed by atoms with Gasteiger partial charge in [-0.3, -0.25) is 9.78 Å². The minimum absolute atomic E-state index is 0.143. The molecule has 0 radical (unpaired) electrons. The summed E-state index contributed by atoms with van der Waals surface area (Å²) in [4.78, 5) is 18.8. The Kier molecular flexibility index (Phi) is 4.30. The Morgan fingerprint density at radius 1 is 1.47 bits per heavy atom. The van der Waals surface area contributed by atoms with Gasteiger partial charge in [-0.05, 0) is 19.1 Å². The van der Waals surface area contributed by atoms with Crippen molar-refractivity contribution >= 4 is 16.9 Å². The van der Waals surface area contributed by atoms with Crippen molar-refractivity contribution in [3.05, 3.63) is 46.8 Å². The van der Waals surface area contributed by atoms with Gasteiger partial charge in [-0.2, -0.15) is 0 Å². The second-order valence-corrected chi connectivity index (χ2v) is 4.37. The molecule has 0 aliphatic heterocycles. The second-order valence-electron chi connectivity index (χ2n) is 4.37. The standard InChI is InChI=1S/C14H17N3O2/c1-10(2)9-19-8-7-15-14-16-12-6-4-3-5-11(12)13(18)17-14/h3-6H,1,7-9H2,2H3,(H2,15,16,17,18). The quantitative estimate of drug-likeness (QED) is 0.614. The summed E-state index contributed by atoms with van der Waals surface area (Å²) >= 11 is 0. The number of nitrogens with one attached hydrogen (secondary N) is 2. The molecule has 100 valence electrons. The highest BCUT2D eigenvalue weighted by atomic mass is 16.5. The summed E-state index contributed by atoms with van der Waals surface area (Å²) in [6.07, 6.45) is 0. The van der Waals surface area contributed by atoms with E-state index in [0.29, 0.717) is 36.6 Å². The van der Waals surface area contributed by atoms with E-state index in [1.165, 1.54) is 0 Å². The smallest absolute Gasteiger partial charge is 0.260 e. The zero-order valence-electron chi connectivity index (χ0n) is 10.9. The SMILES string of the molecule is C=C(C)COCCNc1nc2ccccc2c(=O)[nH]1. The van der Waals surface area contributed by atoms with E-state index in [-0.39, 0.29) is 5.56 Å². The molecule has 0 saturated heterocycles. The van der Waals surface area contributed by atoms with Crippen molar-refractivity contribution in [2.75, 3.05) is 25.1 Å². The number of ether oxygens (including phenoxy) is 1. The normalized spacial score (nSPS) is 10.6. The van der Waals surface area contributed by atoms with Crippen LogP contribution in [-0.4, -0.2) is 29.7 Å². The number of anilines is 1. The van der Waals surface area contributed by atoms with E-state index in [9.17, 15) is 4.79 Å². The van der Waals surface area contributed by atoms with E-state index in [4.69, 9.17) is 4.74 Å². The Balaban J connectivity index is 1.98. The van der Waals surface area contributed by atoms with Crippen LogP contribution in [0.3, 0.4) is 0 Å². The van der Waals surface area contributed by atoms with E-state index in [0.717, 1.165) is 5.57 Å². The highest BCUT2D eigenvalue weighted by molar-refractivity contribution is 5.78. The maximum absolute atomic E-state index is 11.8. The lowest BCUT2D eigenvalue weighted by atomic mass is 10.2. The third kappa shape index (κ3) is 3.66. The number of aromatic nitrogens is 2. The van der Waals surface area contributed by atoms with Crippen molar-refractivity contribution in [3.63, 3.8) is 0 Å². The lowest BCUT2D eigenvalue weighted by Gasteiger charge is -2.07. The van der Waals surface area contributed by atoms with Crippen LogP contribution in [-0.2, 0) is 4.74 Å². The number of rotatable bonds is 6. The fourth-order valence-corrected chi connectivity index (χ4v) is 1.66. The third-order valence-corrected chi connectivity index (χ3v) is 2.50. The molecule has 1 heterocycles. The Labute approximate surface area is 111 Å². The topological polar surface area (TPSA) is 67.0 Å². The van der Waals surface area contributed by atoms with Gasteiger partial charge in [-0.15, -0.1) is 0 Å². The minimum atomic E-state index is -0.143. The Morgan fingerprint density at radius 3 is 3.05 bits per heavy atom. The van der Waals surface area contributed by atoms with Crippen LogP contribution < -0.4 is 10.9 Å². The molecule has 0 atom stereocenters. The molecule has 1 aromatic carbocycles. The molecule has 1 aromatic heterocycles. The summed E-state index contributed by atoms with van der Waals surface area (Å²) in [7, 11) is 0. The Hall–Kier alpha value is -2.14. The summed E-state index contributed by atoms with van der Waals surface area (Å²) in [5, 5.41) is 3.62. The van der Waals surface area contributed by atoms with Crippen LogP contribution in [0.2, 0.25) is 0 Å². The largest absolute Gasteiger partial charge is 0.375 e. The van der Waals surface area contributed by atoms with Crippen molar-refractivity contribution in [2.45, 2.75) is 6.92 Å². The molecular weight excluding hydrogens is 242 g/mol. The number of para-hydroxylation sites is 1. The average Bonchev–Trinajstić information content (AvgIpc) is 2.38. The fraction of sp³-hybridized carbons (Fsp3) is 0.286. The number of hydrogen-bond acceptors (Lipinski definition) is 4. The van der Waals surface area contributed by atoms with Gasteiger partial charge in [0.25, 0.3) is 5.56 Å². The van der Waals surface area contributed by atoms with Gasteiger partial charge in [0.2, 0.25) is 5.95 Å². The van der Waals surface area contributed by atoms with Crippen molar-refractivity contribution < 1.29 is 4.74 Å². The highest BCUT2D eigenvalue weighted by Gasteiger charge is 2.02. The van der Waals surface area contributed by atoms with Crippen LogP contribution >= 0.6 is 0 Å². The van der Waals surface area contributed by atoms with E-state index in [2.05, 4.69) is 21.9 Å². The first-order valence-electron chi connectivity index (χ1n) is 6.12. The molecule has 0 saturated carbocycles. The number of H-pyrrole nitrogens is 1. The van der Waals surface area contributed by atoms with Gasteiger partial charge < -0.3 is 10.1 Å². The van der Waals surface area contributed by atoms with E-state index in [1.54, 1.807) is 6.07 Å². The van der Waals surface area contributed by atoms with Crippen LogP contribution in [0.15, 0.2) is 41.2 Å². The number of benzene rings is 1. The van der Waals surface area contributed by atoms with E-state index >= 15 is 0 Å². The first-order valence-corrected chi connectivity index (χ1v) is 6.12. The molecule has 0 bridgehead atoms. The summed E-state index contributed by atoms with van der Waals surface area (Å²) in [6, 6.07) is 7.24. The Morgan fingerprint density at radius 2 is 2.26 bits per heavy atom. The molecule has 0 unspecified atom stereocenters. The molecule has 2 aromatic rings. The summed E-state index contributed by atoms with van der Waals surface area (Å²) in [5.74, 6) is 0.461. The summed E-state index contributed by atoms with van der Waals surface area (Å²) in [5.41, 5.74) is 1.52. The fourth-order valence-electron chi connectivity index (χ4n) is 1.66. The van der Waals surface area contributed by atoms with Gasteiger partial charge >= 0.3 is 0 Å². The van der Waals surface area contributed by atoms with Crippen LogP contribution in [0.5, 0.6) is 0 Å². The van der Waals surface area contributed by atoms with Crippen LogP contribution in [0.1, 0.15) is 6.92 Å². The predicted molar refractivity (Wildman–Crippen MR) is 76.5 cm³/mol. The highest BCUT2D eigenvalue weighted by Crippen LogP contribution is 2.07. The third-order valence-electron chi connectivity index (χ3n) is 2.50. The van der Waals surface area contributed by atoms with Gasteiger partial charge in [0.1, 0.15) is 0 Å². The average molecular weight is 259 g/mol. The van der Waals surface area contributed by atoms with Crippen molar-refractivity contribution in [1.82, 2.24) is 9.97 Å². The molecule has 5 heteroatoms. The van der Waals surface area contributed by atoms with Gasteiger partial charge in [-0.25, -0.2) is 4.98 Å². The van der Waals surface area contributed by atoms with E-state index < -0.39 is 0 Å². The maximum atomic E-state index is 11.8. The zero-order chi connectivity index (χ0) is 13.7. The molecule has 19 heavy (non-hydrogen) atoms. The van der Waals surface area contributed by atoms with Crippen LogP contribution in [0, 0.1) is 0 Å². The van der Waals surface area contributed by atoms with Gasteiger partial charge in [0.15, 0.2) is 0 Å². The minimum Gasteiger partial charge on any atom is -0.375 e. The molecule has 0 spiro atoms. The van der Waals surface area contributed by atoms with Crippen LogP contribution in [0.25, 0.3) is 10.9 Å². The molecule has 2 N–H and O–H groups in total.